The van der Waals surface area contributed by atoms with E-state index in [4.69, 9.17) is 9.47 Å². The second-order valence-corrected chi connectivity index (χ2v) is 5.23. The van der Waals surface area contributed by atoms with Gasteiger partial charge in [0.05, 0.1) is 14.2 Å². The SMILES string of the molecule is COc1ccc(/C=C\c2cc(C)c(C)c(OC)c2)cc1C. The molecule has 110 valence electrons. The van der Waals surface area contributed by atoms with Crippen LogP contribution in [0.15, 0.2) is 30.3 Å². The zero-order valence-electron chi connectivity index (χ0n) is 13.4. The van der Waals surface area contributed by atoms with Gasteiger partial charge in [0, 0.05) is 0 Å². The number of benzene rings is 2. The van der Waals surface area contributed by atoms with Crippen LogP contribution in [0.3, 0.4) is 0 Å². The topological polar surface area (TPSA) is 18.5 Å². The van der Waals surface area contributed by atoms with Crippen LogP contribution in [-0.4, -0.2) is 14.2 Å². The third-order valence-corrected chi connectivity index (χ3v) is 3.75. The van der Waals surface area contributed by atoms with Crippen LogP contribution in [0, 0.1) is 20.8 Å². The number of rotatable bonds is 4. The molecular formula is C19H22O2. The second-order valence-electron chi connectivity index (χ2n) is 5.23. The fourth-order valence-corrected chi connectivity index (χ4v) is 2.36. The summed E-state index contributed by atoms with van der Waals surface area (Å²) in [6.07, 6.45) is 4.21. The van der Waals surface area contributed by atoms with Gasteiger partial charge in [-0.3, -0.25) is 0 Å². The summed E-state index contributed by atoms with van der Waals surface area (Å²) in [5.41, 5.74) is 5.86. The summed E-state index contributed by atoms with van der Waals surface area (Å²) in [6, 6.07) is 10.4. The van der Waals surface area contributed by atoms with E-state index < -0.39 is 0 Å². The fourth-order valence-electron chi connectivity index (χ4n) is 2.36. The Labute approximate surface area is 127 Å². The van der Waals surface area contributed by atoms with Crippen molar-refractivity contribution in [2.75, 3.05) is 14.2 Å². The minimum Gasteiger partial charge on any atom is -0.496 e. The lowest BCUT2D eigenvalue weighted by Crippen LogP contribution is -1.91. The number of ether oxygens (including phenoxy) is 2. The molecule has 2 heteroatoms. The fraction of sp³-hybridized carbons (Fsp3) is 0.263. The van der Waals surface area contributed by atoms with Crippen molar-refractivity contribution in [2.45, 2.75) is 20.8 Å². The molecular weight excluding hydrogens is 260 g/mol. The molecule has 0 bridgehead atoms. The third-order valence-electron chi connectivity index (χ3n) is 3.75. The van der Waals surface area contributed by atoms with Crippen LogP contribution in [0.2, 0.25) is 0 Å². The van der Waals surface area contributed by atoms with Gasteiger partial charge in [0.25, 0.3) is 0 Å². The largest absolute Gasteiger partial charge is 0.496 e. The van der Waals surface area contributed by atoms with Crippen molar-refractivity contribution in [2.24, 2.45) is 0 Å². The first kappa shape index (κ1) is 15.2. The molecule has 0 saturated heterocycles. The Bertz CT molecular complexity index is 670. The van der Waals surface area contributed by atoms with Gasteiger partial charge < -0.3 is 9.47 Å². The second kappa shape index (κ2) is 6.49. The highest BCUT2D eigenvalue weighted by molar-refractivity contribution is 5.71. The van der Waals surface area contributed by atoms with Crippen LogP contribution in [0.25, 0.3) is 12.2 Å². The molecule has 0 aromatic heterocycles. The molecule has 0 N–H and O–H groups in total. The van der Waals surface area contributed by atoms with E-state index in [0.29, 0.717) is 0 Å². The molecule has 0 amide bonds. The minimum atomic E-state index is 0.917. The summed E-state index contributed by atoms with van der Waals surface area (Å²) in [5, 5.41) is 0. The molecule has 0 unspecified atom stereocenters. The van der Waals surface area contributed by atoms with Gasteiger partial charge in [-0.15, -0.1) is 0 Å². The van der Waals surface area contributed by atoms with E-state index in [1.54, 1.807) is 14.2 Å². The molecule has 2 aromatic carbocycles. The highest BCUT2D eigenvalue weighted by atomic mass is 16.5. The number of hydrogen-bond acceptors (Lipinski definition) is 2. The quantitative estimate of drug-likeness (QED) is 0.750. The third kappa shape index (κ3) is 3.46. The molecule has 0 saturated carbocycles. The Morgan fingerprint density at radius 2 is 1.33 bits per heavy atom. The summed E-state index contributed by atoms with van der Waals surface area (Å²) in [4.78, 5) is 0. The molecule has 0 atom stereocenters. The Hall–Kier alpha value is -2.22. The van der Waals surface area contributed by atoms with Crippen molar-refractivity contribution in [3.8, 4) is 11.5 Å². The molecule has 0 aliphatic rings. The van der Waals surface area contributed by atoms with Gasteiger partial charge in [-0.2, -0.15) is 0 Å². The summed E-state index contributed by atoms with van der Waals surface area (Å²) in [6.45, 7) is 6.23. The van der Waals surface area contributed by atoms with Crippen LogP contribution in [0.5, 0.6) is 11.5 Å². The molecule has 0 heterocycles. The van der Waals surface area contributed by atoms with E-state index in [1.807, 2.05) is 6.07 Å². The van der Waals surface area contributed by atoms with E-state index >= 15 is 0 Å². The van der Waals surface area contributed by atoms with Crippen molar-refractivity contribution in [1.82, 2.24) is 0 Å². The smallest absolute Gasteiger partial charge is 0.122 e. The number of hydrogen-bond donors (Lipinski definition) is 0. The van der Waals surface area contributed by atoms with Crippen molar-refractivity contribution < 1.29 is 9.47 Å². The van der Waals surface area contributed by atoms with Gasteiger partial charge in [0.2, 0.25) is 0 Å². The van der Waals surface area contributed by atoms with Crippen LogP contribution in [0.4, 0.5) is 0 Å². The van der Waals surface area contributed by atoms with Crippen molar-refractivity contribution in [3.63, 3.8) is 0 Å². The van der Waals surface area contributed by atoms with Crippen LogP contribution in [0.1, 0.15) is 27.8 Å². The van der Waals surface area contributed by atoms with Crippen molar-refractivity contribution in [1.29, 1.82) is 0 Å². The normalized spacial score (nSPS) is 10.9. The highest BCUT2D eigenvalue weighted by Crippen LogP contribution is 2.25. The summed E-state index contributed by atoms with van der Waals surface area (Å²) in [5.74, 6) is 1.85. The predicted molar refractivity (Wildman–Crippen MR) is 89.1 cm³/mol. The maximum atomic E-state index is 5.42. The first-order chi connectivity index (χ1) is 10.0. The predicted octanol–water partition coefficient (Wildman–Crippen LogP) is 4.80. The van der Waals surface area contributed by atoms with Crippen LogP contribution >= 0.6 is 0 Å². The summed E-state index contributed by atoms with van der Waals surface area (Å²) < 4.78 is 10.7. The van der Waals surface area contributed by atoms with Gasteiger partial charge >= 0.3 is 0 Å². The Balaban J connectivity index is 2.29. The number of methoxy groups -OCH3 is 2. The maximum Gasteiger partial charge on any atom is 0.122 e. The van der Waals surface area contributed by atoms with E-state index in [0.717, 1.165) is 28.2 Å². The molecule has 0 aliphatic heterocycles. The standard InChI is InChI=1S/C19H22O2/c1-13-10-17(12-19(21-5)15(13)3)7-6-16-8-9-18(20-4)14(2)11-16/h6-12H,1-5H3/b7-6-. The van der Waals surface area contributed by atoms with Gasteiger partial charge in [-0.1, -0.05) is 24.3 Å². The van der Waals surface area contributed by atoms with Crippen LogP contribution in [-0.2, 0) is 0 Å². The zero-order chi connectivity index (χ0) is 15.4. The molecule has 21 heavy (non-hydrogen) atoms. The molecule has 0 fully saturated rings. The molecule has 0 radical (unpaired) electrons. The molecule has 2 rings (SSSR count). The first-order valence-corrected chi connectivity index (χ1v) is 7.03. The van der Waals surface area contributed by atoms with E-state index in [-0.39, 0.29) is 0 Å². The van der Waals surface area contributed by atoms with Gasteiger partial charge in [-0.25, -0.2) is 0 Å². The van der Waals surface area contributed by atoms with E-state index in [1.165, 1.54) is 11.1 Å². The van der Waals surface area contributed by atoms with E-state index in [9.17, 15) is 0 Å². The van der Waals surface area contributed by atoms with Gasteiger partial charge in [-0.05, 0) is 66.8 Å². The van der Waals surface area contributed by atoms with Gasteiger partial charge in [0.15, 0.2) is 0 Å². The lowest BCUT2D eigenvalue weighted by molar-refractivity contribution is 0.411. The summed E-state index contributed by atoms with van der Waals surface area (Å²) >= 11 is 0. The lowest BCUT2D eigenvalue weighted by Gasteiger charge is -2.09. The highest BCUT2D eigenvalue weighted by Gasteiger charge is 2.03. The zero-order valence-corrected chi connectivity index (χ0v) is 13.4. The molecule has 0 spiro atoms. The minimum absolute atomic E-state index is 0.917. The molecule has 0 aliphatic carbocycles. The summed E-state index contributed by atoms with van der Waals surface area (Å²) in [7, 11) is 3.40. The average molecular weight is 282 g/mol. The Kier molecular flexibility index (Phi) is 4.69. The monoisotopic (exact) mass is 282 g/mol. The molecule has 2 aromatic rings. The maximum absolute atomic E-state index is 5.42. The lowest BCUT2D eigenvalue weighted by atomic mass is 10.0. The molecule has 2 nitrogen and oxygen atoms in total. The van der Waals surface area contributed by atoms with E-state index in [2.05, 4.69) is 57.2 Å². The Morgan fingerprint density at radius 1 is 0.714 bits per heavy atom. The average Bonchev–Trinajstić information content (AvgIpc) is 2.48. The Morgan fingerprint density at radius 3 is 1.95 bits per heavy atom. The van der Waals surface area contributed by atoms with Crippen molar-refractivity contribution >= 4 is 12.2 Å². The van der Waals surface area contributed by atoms with Crippen LogP contribution < -0.4 is 9.47 Å². The number of aryl methyl sites for hydroxylation is 2. The van der Waals surface area contributed by atoms with Crippen molar-refractivity contribution in [3.05, 3.63) is 58.1 Å². The van der Waals surface area contributed by atoms with Gasteiger partial charge in [0.1, 0.15) is 11.5 Å². The first-order valence-electron chi connectivity index (χ1n) is 7.03.